The van der Waals surface area contributed by atoms with E-state index >= 15 is 0 Å². The molecule has 2 aromatic heterocycles. The topological polar surface area (TPSA) is 42.0 Å². The van der Waals surface area contributed by atoms with Crippen molar-refractivity contribution in [1.82, 2.24) is 10.3 Å². The normalized spacial score (nSPS) is 10.9. The smallest absolute Gasteiger partial charge is 0.244 e. The van der Waals surface area contributed by atoms with Crippen molar-refractivity contribution in [1.29, 1.82) is 0 Å². The molecule has 0 saturated carbocycles. The first-order valence-corrected chi connectivity index (χ1v) is 8.67. The highest BCUT2D eigenvalue weighted by Crippen LogP contribution is 2.25. The largest absolute Gasteiger partial charge is 0.348 e. The van der Waals surface area contributed by atoms with E-state index in [4.69, 9.17) is 11.6 Å². The van der Waals surface area contributed by atoms with Crippen LogP contribution in [-0.4, -0.2) is 10.9 Å². The van der Waals surface area contributed by atoms with E-state index < -0.39 is 0 Å². The van der Waals surface area contributed by atoms with E-state index in [1.165, 1.54) is 6.08 Å². The van der Waals surface area contributed by atoms with Crippen molar-refractivity contribution in [3.8, 4) is 10.6 Å². The van der Waals surface area contributed by atoms with E-state index in [9.17, 15) is 4.79 Å². The van der Waals surface area contributed by atoms with Gasteiger partial charge in [-0.15, -0.1) is 11.3 Å². The van der Waals surface area contributed by atoms with Gasteiger partial charge in [-0.3, -0.25) is 9.78 Å². The van der Waals surface area contributed by atoms with Gasteiger partial charge in [-0.2, -0.15) is 0 Å². The number of rotatable bonds is 5. The summed E-state index contributed by atoms with van der Waals surface area (Å²) in [4.78, 5) is 17.5. The average Bonchev–Trinajstić information content (AvgIpc) is 3.14. The summed E-state index contributed by atoms with van der Waals surface area (Å²) < 4.78 is 0. The molecule has 3 aromatic rings. The monoisotopic (exact) mass is 354 g/mol. The Morgan fingerprint density at radius 1 is 1.17 bits per heavy atom. The molecule has 5 heteroatoms. The molecule has 0 aliphatic rings. The Kier molecular flexibility index (Phi) is 5.41. The highest BCUT2D eigenvalue weighted by molar-refractivity contribution is 7.13. The fraction of sp³-hybridized carbons (Fsp3) is 0.0526. The fourth-order valence-corrected chi connectivity index (χ4v) is 3.09. The van der Waals surface area contributed by atoms with Gasteiger partial charge >= 0.3 is 0 Å². The van der Waals surface area contributed by atoms with Crippen molar-refractivity contribution in [2.45, 2.75) is 6.54 Å². The maximum atomic E-state index is 12.0. The predicted molar refractivity (Wildman–Crippen MR) is 99.9 cm³/mol. The second kappa shape index (κ2) is 7.90. The van der Waals surface area contributed by atoms with Crippen molar-refractivity contribution in [3.05, 3.63) is 82.3 Å². The van der Waals surface area contributed by atoms with Gasteiger partial charge in [0.25, 0.3) is 0 Å². The molecule has 1 amide bonds. The van der Waals surface area contributed by atoms with Crippen LogP contribution in [0.15, 0.2) is 66.2 Å². The number of halogens is 1. The van der Waals surface area contributed by atoms with Crippen molar-refractivity contribution in [2.75, 3.05) is 0 Å². The van der Waals surface area contributed by atoms with E-state index in [0.29, 0.717) is 11.6 Å². The lowest BCUT2D eigenvalue weighted by Gasteiger charge is -2.07. The number of benzene rings is 1. The number of carbonyl (C=O) groups is 1. The second-order valence-corrected chi connectivity index (χ2v) is 6.48. The Bertz CT molecular complexity index is 842. The highest BCUT2D eigenvalue weighted by Gasteiger charge is 2.07. The van der Waals surface area contributed by atoms with E-state index in [-0.39, 0.29) is 5.91 Å². The molecule has 0 bridgehead atoms. The molecule has 0 fully saturated rings. The molecular formula is C19H15ClN2OS. The molecule has 0 spiro atoms. The highest BCUT2D eigenvalue weighted by atomic mass is 35.5. The summed E-state index contributed by atoms with van der Waals surface area (Å²) in [6.07, 6.45) is 5.04. The SMILES string of the molecule is O=C(/C=C/c1ccc(Cl)cc1)NCc1cccnc1-c1cccs1. The Morgan fingerprint density at radius 3 is 2.75 bits per heavy atom. The second-order valence-electron chi connectivity index (χ2n) is 5.09. The Morgan fingerprint density at radius 2 is 2.00 bits per heavy atom. The number of nitrogens with one attached hydrogen (secondary N) is 1. The van der Waals surface area contributed by atoms with Gasteiger partial charge in [-0.1, -0.05) is 35.9 Å². The van der Waals surface area contributed by atoms with Crippen LogP contribution in [0, 0.1) is 0 Å². The van der Waals surface area contributed by atoms with Crippen LogP contribution >= 0.6 is 22.9 Å². The first-order valence-electron chi connectivity index (χ1n) is 7.41. The van der Waals surface area contributed by atoms with Gasteiger partial charge in [0.2, 0.25) is 5.91 Å². The average molecular weight is 355 g/mol. The molecule has 0 aliphatic carbocycles. The lowest BCUT2D eigenvalue weighted by atomic mass is 10.1. The zero-order chi connectivity index (χ0) is 16.8. The summed E-state index contributed by atoms with van der Waals surface area (Å²) in [5.41, 5.74) is 2.83. The van der Waals surface area contributed by atoms with Gasteiger partial charge in [0, 0.05) is 23.8 Å². The summed E-state index contributed by atoms with van der Waals surface area (Å²) in [6, 6.07) is 15.2. The minimum atomic E-state index is -0.147. The minimum Gasteiger partial charge on any atom is -0.348 e. The predicted octanol–water partition coefficient (Wildman–Crippen LogP) is 4.79. The Balaban J connectivity index is 1.64. The molecule has 0 saturated heterocycles. The van der Waals surface area contributed by atoms with Crippen LogP contribution in [-0.2, 0) is 11.3 Å². The zero-order valence-electron chi connectivity index (χ0n) is 12.8. The summed E-state index contributed by atoms with van der Waals surface area (Å²) >= 11 is 7.47. The van der Waals surface area contributed by atoms with Crippen LogP contribution < -0.4 is 5.32 Å². The lowest BCUT2D eigenvalue weighted by Crippen LogP contribution is -2.20. The standard InChI is InChI=1S/C19H15ClN2OS/c20-16-8-5-14(6-9-16)7-10-18(23)22-13-15-3-1-11-21-19(15)17-4-2-12-24-17/h1-12H,13H2,(H,22,23)/b10-7+. The Labute approximate surface area is 149 Å². The van der Waals surface area contributed by atoms with Crippen LogP contribution in [0.5, 0.6) is 0 Å². The Hall–Kier alpha value is -2.43. The van der Waals surface area contributed by atoms with Crippen LogP contribution in [0.25, 0.3) is 16.6 Å². The van der Waals surface area contributed by atoms with Crippen LogP contribution in [0.1, 0.15) is 11.1 Å². The molecule has 3 nitrogen and oxygen atoms in total. The molecule has 120 valence electrons. The molecule has 2 heterocycles. The number of hydrogen-bond acceptors (Lipinski definition) is 3. The number of pyridine rings is 1. The molecule has 1 N–H and O–H groups in total. The first kappa shape index (κ1) is 16.4. The third-order valence-electron chi connectivity index (χ3n) is 3.40. The van der Waals surface area contributed by atoms with Crippen LogP contribution in [0.2, 0.25) is 5.02 Å². The van der Waals surface area contributed by atoms with E-state index in [1.807, 2.05) is 41.8 Å². The maximum Gasteiger partial charge on any atom is 0.244 e. The number of nitrogens with zero attached hydrogens (tertiary/aromatic N) is 1. The van der Waals surface area contributed by atoms with E-state index in [2.05, 4.69) is 10.3 Å². The summed E-state index contributed by atoms with van der Waals surface area (Å²) in [5.74, 6) is -0.147. The molecule has 24 heavy (non-hydrogen) atoms. The van der Waals surface area contributed by atoms with Crippen LogP contribution in [0.3, 0.4) is 0 Å². The minimum absolute atomic E-state index is 0.147. The first-order chi connectivity index (χ1) is 11.7. The number of carbonyl (C=O) groups excluding carboxylic acids is 1. The van der Waals surface area contributed by atoms with Gasteiger partial charge in [-0.05, 0) is 46.8 Å². The third kappa shape index (κ3) is 4.31. The zero-order valence-corrected chi connectivity index (χ0v) is 14.3. The van der Waals surface area contributed by atoms with Crippen LogP contribution in [0.4, 0.5) is 0 Å². The molecule has 0 aliphatic heterocycles. The van der Waals surface area contributed by atoms with E-state index in [0.717, 1.165) is 21.7 Å². The number of amides is 1. The fourth-order valence-electron chi connectivity index (χ4n) is 2.20. The number of aromatic nitrogens is 1. The number of hydrogen-bond donors (Lipinski definition) is 1. The van der Waals surface area contributed by atoms with Gasteiger partial charge in [-0.25, -0.2) is 0 Å². The lowest BCUT2D eigenvalue weighted by molar-refractivity contribution is -0.116. The van der Waals surface area contributed by atoms with Gasteiger partial charge < -0.3 is 5.32 Å². The summed E-state index contributed by atoms with van der Waals surface area (Å²) in [6.45, 7) is 0.435. The third-order valence-corrected chi connectivity index (χ3v) is 4.52. The van der Waals surface area contributed by atoms with Gasteiger partial charge in [0.15, 0.2) is 0 Å². The molecule has 0 unspecified atom stereocenters. The maximum absolute atomic E-state index is 12.0. The summed E-state index contributed by atoms with van der Waals surface area (Å²) in [5, 5.41) is 5.59. The molecule has 0 atom stereocenters. The van der Waals surface area contributed by atoms with Crippen molar-refractivity contribution in [2.24, 2.45) is 0 Å². The molecule has 0 radical (unpaired) electrons. The molecule has 1 aromatic carbocycles. The number of thiophene rings is 1. The van der Waals surface area contributed by atoms with Crippen molar-refractivity contribution >= 4 is 34.9 Å². The van der Waals surface area contributed by atoms with E-state index in [1.54, 1.807) is 35.7 Å². The summed E-state index contributed by atoms with van der Waals surface area (Å²) in [7, 11) is 0. The van der Waals surface area contributed by atoms with Gasteiger partial charge in [0.05, 0.1) is 10.6 Å². The molecular weight excluding hydrogens is 340 g/mol. The van der Waals surface area contributed by atoms with Gasteiger partial charge in [0.1, 0.15) is 0 Å². The van der Waals surface area contributed by atoms with Crippen molar-refractivity contribution in [3.63, 3.8) is 0 Å². The molecule has 3 rings (SSSR count). The quantitative estimate of drug-likeness (QED) is 0.669. The van der Waals surface area contributed by atoms with Crippen molar-refractivity contribution < 1.29 is 4.79 Å².